The first-order valence-corrected chi connectivity index (χ1v) is 9.88. The third kappa shape index (κ3) is 4.71. The molecular formula is C20H23N3O3S. The molecule has 7 heteroatoms. The minimum atomic E-state index is -0.328. The number of nitriles is 1. The van der Waals surface area contributed by atoms with E-state index >= 15 is 0 Å². The summed E-state index contributed by atoms with van der Waals surface area (Å²) in [5.41, 5.74) is 2.19. The van der Waals surface area contributed by atoms with Crippen LogP contribution in [0.4, 0.5) is 0 Å². The second kappa shape index (κ2) is 9.07. The molecule has 0 aromatic heterocycles. The number of benzene rings is 1. The number of aryl methyl sites for hydroxylation is 1. The highest BCUT2D eigenvalue weighted by molar-refractivity contribution is 8.04. The van der Waals surface area contributed by atoms with E-state index in [2.05, 4.69) is 11.4 Å². The number of hydrogen-bond acceptors (Lipinski definition) is 5. The van der Waals surface area contributed by atoms with Crippen LogP contribution < -0.4 is 5.32 Å². The molecule has 2 heterocycles. The second-order valence-corrected chi connectivity index (χ2v) is 7.88. The zero-order chi connectivity index (χ0) is 19.2. The van der Waals surface area contributed by atoms with Gasteiger partial charge in [0, 0.05) is 25.0 Å². The fraction of sp³-hybridized carbons (Fsp3) is 0.450. The number of carbonyl (C=O) groups is 2. The summed E-state index contributed by atoms with van der Waals surface area (Å²) >= 11 is 1.51. The molecule has 0 radical (unpaired) electrons. The van der Waals surface area contributed by atoms with Gasteiger partial charge in [0.05, 0.1) is 23.9 Å². The van der Waals surface area contributed by atoms with E-state index in [1.165, 1.54) is 18.9 Å². The van der Waals surface area contributed by atoms with E-state index in [-0.39, 0.29) is 29.7 Å². The summed E-state index contributed by atoms with van der Waals surface area (Å²) in [7, 11) is 1.50. The van der Waals surface area contributed by atoms with Crippen LogP contribution in [0.2, 0.25) is 0 Å². The molecular weight excluding hydrogens is 362 g/mol. The molecule has 2 atom stereocenters. The Morgan fingerprint density at radius 2 is 2.15 bits per heavy atom. The third-order valence-electron chi connectivity index (χ3n) is 4.84. The average molecular weight is 385 g/mol. The van der Waals surface area contributed by atoms with Gasteiger partial charge in [-0.2, -0.15) is 5.26 Å². The lowest BCUT2D eigenvalue weighted by atomic mass is 9.94. The van der Waals surface area contributed by atoms with Crippen molar-refractivity contribution in [1.82, 2.24) is 10.2 Å². The molecule has 3 rings (SSSR count). The van der Waals surface area contributed by atoms with Crippen molar-refractivity contribution >= 4 is 23.6 Å². The Morgan fingerprint density at radius 3 is 2.85 bits per heavy atom. The van der Waals surface area contributed by atoms with E-state index in [0.29, 0.717) is 32.4 Å². The molecule has 6 nitrogen and oxygen atoms in total. The Balaban J connectivity index is 1.56. The normalized spacial score (nSPS) is 21.6. The zero-order valence-electron chi connectivity index (χ0n) is 15.3. The number of hydrogen-bond donors (Lipinski definition) is 1. The van der Waals surface area contributed by atoms with E-state index in [4.69, 9.17) is 4.74 Å². The van der Waals surface area contributed by atoms with Crippen molar-refractivity contribution in [3.63, 3.8) is 0 Å². The van der Waals surface area contributed by atoms with Crippen molar-refractivity contribution in [2.45, 2.75) is 24.6 Å². The van der Waals surface area contributed by atoms with E-state index in [1.807, 2.05) is 30.3 Å². The van der Waals surface area contributed by atoms with Gasteiger partial charge in [-0.05, 0) is 24.0 Å². The first-order valence-electron chi connectivity index (χ1n) is 9.00. The van der Waals surface area contributed by atoms with Gasteiger partial charge in [0.1, 0.15) is 6.61 Å². The molecule has 1 N–H and O–H groups in total. The van der Waals surface area contributed by atoms with Crippen molar-refractivity contribution < 1.29 is 14.3 Å². The SMILES string of the molecule is COCC(=O)N1CCC2=C(C1)SC(NC(=O)CCc1ccccc1)C2C#N. The minimum Gasteiger partial charge on any atom is -0.375 e. The highest BCUT2D eigenvalue weighted by atomic mass is 32.2. The van der Waals surface area contributed by atoms with Crippen LogP contribution in [0.15, 0.2) is 40.8 Å². The maximum absolute atomic E-state index is 12.4. The van der Waals surface area contributed by atoms with E-state index < -0.39 is 0 Å². The molecule has 1 aromatic carbocycles. The van der Waals surface area contributed by atoms with Gasteiger partial charge in [-0.15, -0.1) is 11.8 Å². The molecule has 0 saturated heterocycles. The molecule has 0 saturated carbocycles. The lowest BCUT2D eigenvalue weighted by Crippen LogP contribution is -2.38. The van der Waals surface area contributed by atoms with Crippen molar-refractivity contribution in [2.75, 3.05) is 26.8 Å². The molecule has 1 aromatic rings. The van der Waals surface area contributed by atoms with Crippen LogP contribution in [-0.2, 0) is 20.7 Å². The van der Waals surface area contributed by atoms with E-state index in [9.17, 15) is 14.9 Å². The third-order valence-corrected chi connectivity index (χ3v) is 6.16. The molecule has 2 aliphatic rings. The van der Waals surface area contributed by atoms with Gasteiger partial charge in [-0.1, -0.05) is 30.3 Å². The van der Waals surface area contributed by atoms with Gasteiger partial charge in [-0.25, -0.2) is 0 Å². The van der Waals surface area contributed by atoms with Gasteiger partial charge < -0.3 is 15.0 Å². The highest BCUT2D eigenvalue weighted by Gasteiger charge is 2.39. The maximum atomic E-state index is 12.4. The van der Waals surface area contributed by atoms with Gasteiger partial charge >= 0.3 is 0 Å². The molecule has 142 valence electrons. The summed E-state index contributed by atoms with van der Waals surface area (Å²) in [6.45, 7) is 1.15. The van der Waals surface area contributed by atoms with Crippen LogP contribution in [-0.4, -0.2) is 48.9 Å². The Hall–Kier alpha value is -2.30. The van der Waals surface area contributed by atoms with Crippen LogP contribution in [0.25, 0.3) is 0 Å². The van der Waals surface area contributed by atoms with Crippen LogP contribution in [0.1, 0.15) is 18.4 Å². The van der Waals surface area contributed by atoms with Crippen molar-refractivity contribution in [1.29, 1.82) is 5.26 Å². The second-order valence-electron chi connectivity index (χ2n) is 6.65. The predicted molar refractivity (Wildman–Crippen MR) is 103 cm³/mol. The van der Waals surface area contributed by atoms with Crippen LogP contribution in [0, 0.1) is 17.2 Å². The number of amides is 2. The predicted octanol–water partition coefficient (Wildman–Crippen LogP) is 2.08. The lowest BCUT2D eigenvalue weighted by Gasteiger charge is -2.28. The van der Waals surface area contributed by atoms with Gasteiger partial charge in [0.2, 0.25) is 11.8 Å². The number of rotatable bonds is 6. The number of methoxy groups -OCH3 is 1. The van der Waals surface area contributed by atoms with Gasteiger partial charge in [0.15, 0.2) is 0 Å². The quantitative estimate of drug-likeness (QED) is 0.811. The fourth-order valence-corrected chi connectivity index (χ4v) is 4.88. The number of nitrogens with one attached hydrogen (secondary N) is 1. The number of nitrogens with zero attached hydrogens (tertiary/aromatic N) is 2. The van der Waals surface area contributed by atoms with Crippen LogP contribution in [0.3, 0.4) is 0 Å². The number of ether oxygens (including phenoxy) is 1. The lowest BCUT2D eigenvalue weighted by molar-refractivity contribution is -0.134. The summed E-state index contributed by atoms with van der Waals surface area (Å²) in [5.74, 6) is -0.428. The summed E-state index contributed by atoms with van der Waals surface area (Å²) in [5, 5.41) is 12.3. The molecule has 0 bridgehead atoms. The topological polar surface area (TPSA) is 82.4 Å². The zero-order valence-corrected chi connectivity index (χ0v) is 16.1. The smallest absolute Gasteiger partial charge is 0.248 e. The molecule has 2 unspecified atom stereocenters. The molecule has 2 amide bonds. The van der Waals surface area contributed by atoms with E-state index in [1.54, 1.807) is 4.90 Å². The number of thioether (sulfide) groups is 1. The largest absolute Gasteiger partial charge is 0.375 e. The average Bonchev–Trinajstić information content (AvgIpc) is 3.03. The summed E-state index contributed by atoms with van der Waals surface area (Å²) in [6, 6.07) is 12.2. The Bertz CT molecular complexity index is 772. The molecule has 27 heavy (non-hydrogen) atoms. The van der Waals surface area contributed by atoms with E-state index in [0.717, 1.165) is 16.0 Å². The summed E-state index contributed by atoms with van der Waals surface area (Å²) in [6.07, 6.45) is 1.74. The highest BCUT2D eigenvalue weighted by Crippen LogP contribution is 2.44. The monoisotopic (exact) mass is 385 g/mol. The molecule has 0 fully saturated rings. The first-order chi connectivity index (χ1) is 13.1. The Labute approximate surface area is 163 Å². The van der Waals surface area contributed by atoms with Gasteiger partial charge in [0.25, 0.3) is 0 Å². The van der Waals surface area contributed by atoms with Crippen LogP contribution >= 0.6 is 11.8 Å². The van der Waals surface area contributed by atoms with Crippen LogP contribution in [0.5, 0.6) is 0 Å². The maximum Gasteiger partial charge on any atom is 0.248 e. The summed E-state index contributed by atoms with van der Waals surface area (Å²) < 4.78 is 4.92. The Morgan fingerprint density at radius 1 is 1.37 bits per heavy atom. The molecule has 2 aliphatic heterocycles. The molecule has 0 spiro atoms. The fourth-order valence-electron chi connectivity index (χ4n) is 3.41. The standard InChI is InChI=1S/C20H23N3O3S/c1-26-13-19(25)23-10-9-15-16(11-21)20(27-17(15)12-23)22-18(24)8-7-14-5-3-2-4-6-14/h2-6,16,20H,7-10,12-13H2,1H3,(H,22,24). The van der Waals surface area contributed by atoms with Crippen molar-refractivity contribution in [2.24, 2.45) is 5.92 Å². The minimum absolute atomic E-state index is 0.0477. The van der Waals surface area contributed by atoms with Crippen molar-refractivity contribution in [3.8, 4) is 6.07 Å². The number of carbonyl (C=O) groups excluding carboxylic acids is 2. The van der Waals surface area contributed by atoms with Crippen molar-refractivity contribution in [3.05, 3.63) is 46.4 Å². The Kier molecular flexibility index (Phi) is 6.54. The van der Waals surface area contributed by atoms with Gasteiger partial charge in [-0.3, -0.25) is 9.59 Å². The molecule has 0 aliphatic carbocycles. The first kappa shape index (κ1) is 19.5. The summed E-state index contributed by atoms with van der Waals surface area (Å²) in [4.78, 5) is 27.2.